The minimum Gasteiger partial charge on any atom is -0.508 e. The van der Waals surface area contributed by atoms with Crippen molar-refractivity contribution < 1.29 is 18.3 Å². The number of nitrogens with one attached hydrogen (secondary N) is 2. The monoisotopic (exact) mass is 593 g/mol. The van der Waals surface area contributed by atoms with E-state index in [4.69, 9.17) is 11.6 Å². The Hall–Kier alpha value is -3.99. The molecule has 0 fully saturated rings. The second-order valence-electron chi connectivity index (χ2n) is 9.52. The van der Waals surface area contributed by atoms with Gasteiger partial charge in [-0.25, -0.2) is 18.4 Å². The molecule has 0 atom stereocenters. The fourth-order valence-electron chi connectivity index (χ4n) is 4.14. The number of phenolic OH excluding ortho intramolecular Hbond substituents is 1. The van der Waals surface area contributed by atoms with Crippen molar-refractivity contribution in [2.24, 2.45) is 0 Å². The molecule has 3 N–H and O–H groups in total. The predicted octanol–water partition coefficient (Wildman–Crippen LogP) is 4.74. The van der Waals surface area contributed by atoms with E-state index in [0.717, 1.165) is 23.1 Å². The van der Waals surface area contributed by atoms with Gasteiger partial charge in [0.2, 0.25) is 16.0 Å². The van der Waals surface area contributed by atoms with Gasteiger partial charge in [-0.3, -0.25) is 4.79 Å². The summed E-state index contributed by atoms with van der Waals surface area (Å²) in [6.45, 7) is 1.40. The molecular formula is C30H32ClN5O4S. The summed E-state index contributed by atoms with van der Waals surface area (Å²) in [6, 6.07) is 23.0. The molecule has 1 aromatic heterocycles. The largest absolute Gasteiger partial charge is 0.508 e. The number of benzene rings is 3. The lowest BCUT2D eigenvalue weighted by Crippen LogP contribution is -2.33. The van der Waals surface area contributed by atoms with Crippen LogP contribution in [0.15, 0.2) is 85.1 Å². The summed E-state index contributed by atoms with van der Waals surface area (Å²) in [5, 5.41) is 16.0. The lowest BCUT2D eigenvalue weighted by atomic mass is 10.1. The van der Waals surface area contributed by atoms with Gasteiger partial charge in [0.15, 0.2) is 0 Å². The van der Waals surface area contributed by atoms with Crippen molar-refractivity contribution in [3.63, 3.8) is 0 Å². The van der Waals surface area contributed by atoms with Crippen molar-refractivity contribution in [1.29, 1.82) is 0 Å². The first-order valence-corrected chi connectivity index (χ1v) is 15.3. The molecule has 0 unspecified atom stereocenters. The number of amides is 1. The smallest absolute Gasteiger partial charge is 0.251 e. The van der Waals surface area contributed by atoms with Crippen LogP contribution in [0.3, 0.4) is 0 Å². The molecule has 9 nitrogen and oxygen atoms in total. The number of hydrogen-bond donors (Lipinski definition) is 3. The highest BCUT2D eigenvalue weighted by molar-refractivity contribution is 7.88. The van der Waals surface area contributed by atoms with E-state index >= 15 is 0 Å². The number of halogens is 1. The molecule has 0 bridgehead atoms. The summed E-state index contributed by atoms with van der Waals surface area (Å²) in [6.07, 6.45) is 4.06. The highest BCUT2D eigenvalue weighted by atomic mass is 35.5. The first kappa shape index (κ1) is 30.0. The van der Waals surface area contributed by atoms with Crippen LogP contribution in [0.5, 0.6) is 5.75 Å². The third kappa shape index (κ3) is 9.28. The number of anilines is 1. The van der Waals surface area contributed by atoms with E-state index in [1.807, 2.05) is 42.5 Å². The fourth-order valence-corrected chi connectivity index (χ4v) is 5.11. The van der Waals surface area contributed by atoms with Gasteiger partial charge in [-0.15, -0.1) is 0 Å². The van der Waals surface area contributed by atoms with Gasteiger partial charge in [-0.05, 0) is 72.5 Å². The number of phenols is 1. The van der Waals surface area contributed by atoms with Gasteiger partial charge < -0.3 is 15.7 Å². The summed E-state index contributed by atoms with van der Waals surface area (Å²) in [5.41, 5.74) is 3.95. The van der Waals surface area contributed by atoms with Gasteiger partial charge in [-0.2, -0.15) is 4.31 Å². The van der Waals surface area contributed by atoms with E-state index in [1.165, 1.54) is 10.6 Å². The Kier molecular flexibility index (Phi) is 10.3. The van der Waals surface area contributed by atoms with E-state index in [2.05, 4.69) is 20.6 Å². The number of nitrogens with zero attached hydrogens (tertiary/aromatic N) is 3. The van der Waals surface area contributed by atoms with Gasteiger partial charge in [0.1, 0.15) is 5.75 Å². The zero-order chi connectivity index (χ0) is 29.2. The molecule has 0 aliphatic rings. The number of rotatable bonds is 13. The Labute approximate surface area is 245 Å². The maximum Gasteiger partial charge on any atom is 0.251 e. The number of sulfonamides is 1. The number of hydrogen-bond acceptors (Lipinski definition) is 7. The normalized spacial score (nSPS) is 11.4. The van der Waals surface area contributed by atoms with Crippen LogP contribution in [0.2, 0.25) is 5.02 Å². The first-order valence-electron chi connectivity index (χ1n) is 13.1. The minimum atomic E-state index is -3.48. The van der Waals surface area contributed by atoms with Crippen LogP contribution in [0.4, 0.5) is 5.95 Å². The molecule has 0 aliphatic heterocycles. The Morgan fingerprint density at radius 2 is 1.73 bits per heavy atom. The van der Waals surface area contributed by atoms with E-state index in [-0.39, 0.29) is 24.7 Å². The first-order chi connectivity index (χ1) is 19.7. The standard InChI is InChI=1S/C30H32ClN5O4S/c1-41(39,40)36(19-3-16-32-29(38)24-8-10-26(31)11-9-24)21-23-4-2-5-25(20-23)28-15-18-34-30(35-28)33-17-14-22-6-12-27(37)13-7-22/h2,4-13,15,18,20,37H,3,14,16-17,19,21H2,1H3,(H,32,38)(H,33,34,35). The average Bonchev–Trinajstić information content (AvgIpc) is 2.96. The van der Waals surface area contributed by atoms with E-state index < -0.39 is 10.0 Å². The lowest BCUT2D eigenvalue weighted by Gasteiger charge is -2.20. The highest BCUT2D eigenvalue weighted by Gasteiger charge is 2.17. The second kappa shape index (κ2) is 14.1. The number of aromatic hydroxyl groups is 1. The Morgan fingerprint density at radius 1 is 0.976 bits per heavy atom. The molecule has 0 saturated carbocycles. The van der Waals surface area contributed by atoms with Crippen LogP contribution in [0, 0.1) is 0 Å². The van der Waals surface area contributed by atoms with Crippen molar-refractivity contribution in [2.75, 3.05) is 31.2 Å². The molecule has 0 spiro atoms. The van der Waals surface area contributed by atoms with Crippen LogP contribution in [0.25, 0.3) is 11.3 Å². The molecule has 41 heavy (non-hydrogen) atoms. The summed E-state index contributed by atoms with van der Waals surface area (Å²) < 4.78 is 26.4. The number of carbonyl (C=O) groups excluding carboxylic acids is 1. The fraction of sp³-hybridized carbons (Fsp3) is 0.233. The molecule has 0 radical (unpaired) electrons. The minimum absolute atomic E-state index is 0.195. The summed E-state index contributed by atoms with van der Waals surface area (Å²) >= 11 is 5.87. The molecule has 3 aromatic carbocycles. The van der Waals surface area contributed by atoms with Crippen molar-refractivity contribution in [3.05, 3.63) is 107 Å². The third-order valence-corrected chi connectivity index (χ3v) is 7.82. The van der Waals surface area contributed by atoms with Crippen molar-refractivity contribution >= 4 is 33.5 Å². The summed E-state index contributed by atoms with van der Waals surface area (Å²) in [4.78, 5) is 21.2. The summed E-state index contributed by atoms with van der Waals surface area (Å²) in [5.74, 6) is 0.489. The van der Waals surface area contributed by atoms with Crippen molar-refractivity contribution in [2.45, 2.75) is 19.4 Å². The Bertz CT molecular complexity index is 1560. The van der Waals surface area contributed by atoms with Crippen molar-refractivity contribution in [1.82, 2.24) is 19.6 Å². The number of aromatic nitrogens is 2. The van der Waals surface area contributed by atoms with Crippen LogP contribution in [0.1, 0.15) is 27.9 Å². The van der Waals surface area contributed by atoms with Gasteiger partial charge >= 0.3 is 0 Å². The van der Waals surface area contributed by atoms with Gasteiger partial charge in [0.25, 0.3) is 5.91 Å². The molecular weight excluding hydrogens is 562 g/mol. The highest BCUT2D eigenvalue weighted by Crippen LogP contribution is 2.21. The van der Waals surface area contributed by atoms with E-state index in [1.54, 1.807) is 42.6 Å². The molecule has 0 aliphatic carbocycles. The van der Waals surface area contributed by atoms with Gasteiger partial charge in [-0.1, -0.05) is 41.9 Å². The second-order valence-corrected chi connectivity index (χ2v) is 11.9. The maximum absolute atomic E-state index is 12.5. The molecule has 1 amide bonds. The third-order valence-electron chi connectivity index (χ3n) is 6.32. The Morgan fingerprint density at radius 3 is 2.46 bits per heavy atom. The predicted molar refractivity (Wildman–Crippen MR) is 161 cm³/mol. The molecule has 4 aromatic rings. The number of carbonyl (C=O) groups is 1. The quantitative estimate of drug-likeness (QED) is 0.191. The maximum atomic E-state index is 12.5. The van der Waals surface area contributed by atoms with Crippen molar-refractivity contribution in [3.8, 4) is 17.0 Å². The zero-order valence-electron chi connectivity index (χ0n) is 22.6. The zero-order valence-corrected chi connectivity index (χ0v) is 24.2. The van der Waals surface area contributed by atoms with Gasteiger partial charge in [0.05, 0.1) is 11.9 Å². The average molecular weight is 594 g/mol. The van der Waals surface area contributed by atoms with Crippen LogP contribution >= 0.6 is 11.6 Å². The molecule has 1 heterocycles. The topological polar surface area (TPSA) is 125 Å². The molecule has 214 valence electrons. The van der Waals surface area contributed by atoms with E-state index in [9.17, 15) is 18.3 Å². The molecule has 4 rings (SSSR count). The SMILES string of the molecule is CS(=O)(=O)N(CCCNC(=O)c1ccc(Cl)cc1)Cc1cccc(-c2ccnc(NCCc3ccc(O)cc3)n2)c1. The van der Waals surface area contributed by atoms with Crippen LogP contribution < -0.4 is 10.6 Å². The lowest BCUT2D eigenvalue weighted by molar-refractivity contribution is 0.0952. The van der Waals surface area contributed by atoms with Crippen LogP contribution in [-0.2, 0) is 23.0 Å². The summed E-state index contributed by atoms with van der Waals surface area (Å²) in [7, 11) is -3.48. The molecule has 11 heteroatoms. The Balaban J connectivity index is 1.34. The molecule has 0 saturated heterocycles. The van der Waals surface area contributed by atoms with Crippen LogP contribution in [-0.4, -0.2) is 59.6 Å². The van der Waals surface area contributed by atoms with E-state index in [0.29, 0.717) is 41.7 Å². The van der Waals surface area contributed by atoms with Gasteiger partial charge in [0, 0.05) is 48.5 Å².